The maximum Gasteiger partial charge on any atom is 0.310 e. The van der Waals surface area contributed by atoms with Crippen LogP contribution >= 0.6 is 0 Å². The molecule has 5 aromatic rings. The van der Waals surface area contributed by atoms with Gasteiger partial charge in [0, 0.05) is 10.8 Å². The molecule has 10 heteroatoms. The van der Waals surface area contributed by atoms with Crippen molar-refractivity contribution in [3.63, 3.8) is 0 Å². The molecule has 5 fully saturated rings. The topological polar surface area (TPSA) is 111 Å². The van der Waals surface area contributed by atoms with Gasteiger partial charge >= 0.3 is 5.97 Å². The summed E-state index contributed by atoms with van der Waals surface area (Å²) in [6.07, 6.45) is 2.35. The summed E-state index contributed by atoms with van der Waals surface area (Å²) in [5.41, 5.74) is 4.63. The Hall–Kier alpha value is -5.01. The maximum absolute atomic E-state index is 15.1. The SMILES string of the molecule is CC(C)[C@@H](C)[C@@]1(C)CC[C@]2(C)[C@H]3CC[C@H]4C5(C)COC[C@@]4(C[C@H](O)[C@@H]5O[C@@H]4OC(COCc5ccccc5)[C@H](OCc5ccccc5)[C@H](OCc5ccccc5)C4OCc4ccccc4)C3=CC[C@@]2(C)[C@@H]1C(=O)OCc1ccccc1. The number of ether oxygens (including phenoxy) is 8. The summed E-state index contributed by atoms with van der Waals surface area (Å²) in [7, 11) is 0. The van der Waals surface area contributed by atoms with Gasteiger partial charge in [-0.3, -0.25) is 4.79 Å². The van der Waals surface area contributed by atoms with Crippen molar-refractivity contribution in [2.24, 2.45) is 56.7 Å². The zero-order chi connectivity index (χ0) is 56.4. The Morgan fingerprint density at radius 1 is 0.617 bits per heavy atom. The molecule has 11 rings (SSSR count). The summed E-state index contributed by atoms with van der Waals surface area (Å²) in [6.45, 7) is 19.2. The molecule has 0 amide bonds. The van der Waals surface area contributed by atoms with Crippen LogP contribution < -0.4 is 0 Å². The number of aliphatic hydroxyl groups excluding tert-OH is 1. The second-order valence-corrected chi connectivity index (χ2v) is 26.3. The van der Waals surface area contributed by atoms with Gasteiger partial charge in [0.2, 0.25) is 0 Å². The van der Waals surface area contributed by atoms with Gasteiger partial charge < -0.3 is 43.0 Å². The number of benzene rings is 5. The maximum atomic E-state index is 15.1. The van der Waals surface area contributed by atoms with Crippen molar-refractivity contribution in [2.45, 2.75) is 163 Å². The highest BCUT2D eigenvalue weighted by atomic mass is 16.7. The van der Waals surface area contributed by atoms with Crippen LogP contribution in [0.1, 0.15) is 115 Å². The molecule has 81 heavy (non-hydrogen) atoms. The summed E-state index contributed by atoms with van der Waals surface area (Å²) in [5, 5.41) is 13.2. The number of aliphatic hydroxyl groups is 1. The highest BCUT2D eigenvalue weighted by Gasteiger charge is 2.72. The first-order valence-electron chi connectivity index (χ1n) is 30.2. The first kappa shape index (κ1) is 57.8. The second-order valence-electron chi connectivity index (χ2n) is 26.3. The molecule has 432 valence electrons. The lowest BCUT2D eigenvalue weighted by Gasteiger charge is -2.71. The Balaban J connectivity index is 0.925. The van der Waals surface area contributed by atoms with Crippen LogP contribution in [-0.4, -0.2) is 73.8 Å². The molecule has 0 aromatic heterocycles. The van der Waals surface area contributed by atoms with E-state index in [0.717, 1.165) is 59.9 Å². The fourth-order valence-electron chi connectivity index (χ4n) is 16.6. The third kappa shape index (κ3) is 11.2. The molecule has 2 bridgehead atoms. The van der Waals surface area contributed by atoms with Gasteiger partial charge in [-0.2, -0.15) is 0 Å². The van der Waals surface area contributed by atoms with Gasteiger partial charge in [0.25, 0.3) is 0 Å². The average Bonchev–Trinajstić information content (AvgIpc) is 1.90. The van der Waals surface area contributed by atoms with Crippen molar-refractivity contribution in [3.05, 3.63) is 191 Å². The van der Waals surface area contributed by atoms with Crippen molar-refractivity contribution in [2.75, 3.05) is 19.8 Å². The van der Waals surface area contributed by atoms with E-state index < -0.39 is 53.7 Å². The first-order chi connectivity index (χ1) is 39.2. The Morgan fingerprint density at radius 2 is 1.14 bits per heavy atom. The number of allylic oxidation sites excluding steroid dienone is 1. The Kier molecular flexibility index (Phi) is 17.3. The lowest BCUT2D eigenvalue weighted by Crippen LogP contribution is -2.71. The van der Waals surface area contributed by atoms with E-state index in [0.29, 0.717) is 51.3 Å². The van der Waals surface area contributed by atoms with E-state index in [4.69, 9.17) is 37.9 Å². The summed E-state index contributed by atoms with van der Waals surface area (Å²) < 4.78 is 56.0. The Bertz CT molecular complexity index is 2870. The standard InChI is InChI=1S/C71H88O10/c1-48(2)49(3)67(4)37-38-69(6)55-33-34-59-68(5)46-75-47-71(59,56(55)35-36-70(69,7)63(67)65(73)79-44-54-31-21-12-22-32-54)39-57(72)64(68)81-66-62(78-43-53-29-19-11-20-30-53)61(77-42-52-27-17-10-18-28-52)60(76-41-51-25-15-9-16-26-51)58(80-66)45-74-40-50-23-13-8-14-24-50/h8-32,35,48-49,55,57-64,66,72H,33-34,36-47H2,1-7H3/t49-,55+,57+,58?,59+,60+,61+,62?,63-,64+,66+,67-,68?,69-,70+,71+/m1/s1. The van der Waals surface area contributed by atoms with E-state index in [1.807, 2.05) is 103 Å². The number of carbonyl (C=O) groups is 1. The monoisotopic (exact) mass is 1100 g/mol. The molecular weight excluding hydrogens is 1010 g/mol. The summed E-state index contributed by atoms with van der Waals surface area (Å²) in [5.74, 6) is 0.680. The van der Waals surface area contributed by atoms with Crippen LogP contribution in [0.25, 0.3) is 0 Å². The van der Waals surface area contributed by atoms with Gasteiger partial charge in [0.05, 0.1) is 64.4 Å². The Morgan fingerprint density at radius 3 is 1.69 bits per heavy atom. The minimum absolute atomic E-state index is 0.0737. The van der Waals surface area contributed by atoms with Gasteiger partial charge in [0.1, 0.15) is 31.0 Å². The zero-order valence-corrected chi connectivity index (χ0v) is 49.0. The van der Waals surface area contributed by atoms with Crippen LogP contribution in [-0.2, 0) is 75.7 Å². The third-order valence-corrected chi connectivity index (χ3v) is 21.4. The van der Waals surface area contributed by atoms with Gasteiger partial charge in [-0.15, -0.1) is 0 Å². The van der Waals surface area contributed by atoms with E-state index in [-0.39, 0.29) is 59.8 Å². The van der Waals surface area contributed by atoms with Gasteiger partial charge in [-0.1, -0.05) is 212 Å². The Labute approximate surface area is 482 Å². The minimum Gasteiger partial charge on any atom is -0.461 e. The number of hydrogen-bond donors (Lipinski definition) is 1. The van der Waals surface area contributed by atoms with Crippen molar-refractivity contribution in [1.29, 1.82) is 0 Å². The molecule has 3 saturated carbocycles. The second kappa shape index (κ2) is 24.3. The minimum atomic E-state index is -0.990. The average molecular weight is 1100 g/mol. The molecule has 1 N–H and O–H groups in total. The van der Waals surface area contributed by atoms with Crippen molar-refractivity contribution < 1.29 is 47.8 Å². The van der Waals surface area contributed by atoms with E-state index >= 15 is 4.79 Å². The van der Waals surface area contributed by atoms with Crippen molar-refractivity contribution in [1.82, 2.24) is 0 Å². The first-order valence-corrected chi connectivity index (χ1v) is 30.2. The van der Waals surface area contributed by atoms with Crippen LogP contribution in [0.5, 0.6) is 0 Å². The quantitative estimate of drug-likeness (QED) is 0.0459. The van der Waals surface area contributed by atoms with Crippen LogP contribution in [0.15, 0.2) is 163 Å². The molecule has 0 spiro atoms. The molecule has 10 nitrogen and oxygen atoms in total. The lowest BCUT2D eigenvalue weighted by molar-refractivity contribution is -0.363. The van der Waals surface area contributed by atoms with Crippen LogP contribution in [0.2, 0.25) is 0 Å². The highest BCUT2D eigenvalue weighted by Crippen LogP contribution is 2.75. The van der Waals surface area contributed by atoms with Crippen LogP contribution in [0.3, 0.4) is 0 Å². The number of fused-ring (bicyclic) bond motifs is 3. The number of carbonyl (C=O) groups excluding carboxylic acids is 1. The fraction of sp³-hybridized carbons (Fsp3) is 0.535. The fourth-order valence-corrected chi connectivity index (χ4v) is 16.6. The van der Waals surface area contributed by atoms with Crippen molar-refractivity contribution >= 4 is 5.97 Å². The molecule has 2 saturated heterocycles. The summed E-state index contributed by atoms with van der Waals surface area (Å²) >= 11 is 0. The zero-order valence-electron chi connectivity index (χ0n) is 49.0. The van der Waals surface area contributed by atoms with E-state index in [1.54, 1.807) is 0 Å². The molecule has 5 aromatic carbocycles. The van der Waals surface area contributed by atoms with Crippen LogP contribution in [0.4, 0.5) is 0 Å². The molecule has 16 atom stereocenters. The summed E-state index contributed by atoms with van der Waals surface area (Å²) in [4.78, 5) is 15.1. The molecule has 2 heterocycles. The van der Waals surface area contributed by atoms with Crippen molar-refractivity contribution in [3.8, 4) is 0 Å². The molecule has 3 unspecified atom stereocenters. The molecule has 6 aliphatic rings. The summed E-state index contributed by atoms with van der Waals surface area (Å²) in [6, 6.07) is 50.8. The van der Waals surface area contributed by atoms with Gasteiger partial charge in [-0.05, 0) is 106 Å². The largest absolute Gasteiger partial charge is 0.461 e. The normalized spacial score (nSPS) is 35.6. The van der Waals surface area contributed by atoms with E-state index in [1.165, 1.54) is 5.57 Å². The van der Waals surface area contributed by atoms with Crippen LogP contribution in [0, 0.1) is 56.7 Å². The highest BCUT2D eigenvalue weighted by molar-refractivity contribution is 5.75. The predicted octanol–water partition coefficient (Wildman–Crippen LogP) is 13.7. The van der Waals surface area contributed by atoms with E-state index in [2.05, 4.69) is 103 Å². The number of hydrogen-bond acceptors (Lipinski definition) is 10. The smallest absolute Gasteiger partial charge is 0.310 e. The lowest BCUT2D eigenvalue weighted by atomic mass is 9.34. The van der Waals surface area contributed by atoms with E-state index in [9.17, 15) is 5.11 Å². The number of rotatable bonds is 20. The molecular formula is C71H88O10. The molecule has 2 aliphatic heterocycles. The molecule has 0 radical (unpaired) electrons. The number of esters is 1. The van der Waals surface area contributed by atoms with Gasteiger partial charge in [-0.25, -0.2) is 0 Å². The third-order valence-electron chi connectivity index (χ3n) is 21.4. The predicted molar refractivity (Wildman–Crippen MR) is 313 cm³/mol. The van der Waals surface area contributed by atoms with Gasteiger partial charge in [0.15, 0.2) is 6.29 Å². The molecule has 4 aliphatic carbocycles.